The summed E-state index contributed by atoms with van der Waals surface area (Å²) in [6.07, 6.45) is -2.56. The average molecular weight is 272 g/mol. The number of nitrogens with zero attached hydrogens (tertiary/aromatic N) is 2. The average Bonchev–Trinajstić information content (AvgIpc) is 2.82. The molecule has 1 aliphatic heterocycles. The molecule has 104 valence electrons. The van der Waals surface area contributed by atoms with Crippen LogP contribution in [0.25, 0.3) is 0 Å². The lowest BCUT2D eigenvalue weighted by Crippen LogP contribution is -2.30. The van der Waals surface area contributed by atoms with Crippen LogP contribution < -0.4 is 4.74 Å². The van der Waals surface area contributed by atoms with Gasteiger partial charge < -0.3 is 14.7 Å². The lowest BCUT2D eigenvalue weighted by Gasteiger charge is -2.15. The maximum Gasteiger partial charge on any atom is 0.272 e. The summed E-state index contributed by atoms with van der Waals surface area (Å²) in [5, 5.41) is 9.37. The van der Waals surface area contributed by atoms with Gasteiger partial charge in [0, 0.05) is 19.2 Å². The van der Waals surface area contributed by atoms with E-state index in [0.717, 1.165) is 0 Å². The Bertz CT molecular complexity index is 456. The highest BCUT2D eigenvalue weighted by Gasteiger charge is 2.26. The second kappa shape index (κ2) is 5.92. The Morgan fingerprint density at radius 3 is 3.00 bits per heavy atom. The van der Waals surface area contributed by atoms with Crippen molar-refractivity contribution in [3.63, 3.8) is 0 Å². The lowest BCUT2D eigenvalue weighted by atomic mass is 10.3. The van der Waals surface area contributed by atoms with Crippen LogP contribution in [0.1, 0.15) is 16.9 Å². The Labute approximate surface area is 108 Å². The minimum atomic E-state index is -2.59. The van der Waals surface area contributed by atoms with Crippen LogP contribution in [0.2, 0.25) is 0 Å². The predicted octanol–water partition coefficient (Wildman–Crippen LogP) is 0.932. The summed E-state index contributed by atoms with van der Waals surface area (Å²) >= 11 is 0. The third-order valence-corrected chi connectivity index (χ3v) is 2.75. The Morgan fingerprint density at radius 2 is 2.37 bits per heavy atom. The van der Waals surface area contributed by atoms with Crippen molar-refractivity contribution < 1.29 is 23.4 Å². The van der Waals surface area contributed by atoms with Crippen LogP contribution in [0.4, 0.5) is 8.78 Å². The number of ether oxygens (including phenoxy) is 1. The molecule has 2 rings (SSSR count). The summed E-state index contributed by atoms with van der Waals surface area (Å²) in [6.45, 7) is -0.0283. The van der Waals surface area contributed by atoms with E-state index in [4.69, 9.17) is 4.74 Å². The number of alkyl halides is 2. The van der Waals surface area contributed by atoms with E-state index in [2.05, 4.69) is 4.98 Å². The Hall–Kier alpha value is -1.76. The zero-order valence-electron chi connectivity index (χ0n) is 10.1. The molecule has 0 radical (unpaired) electrons. The highest BCUT2D eigenvalue weighted by atomic mass is 19.3. The van der Waals surface area contributed by atoms with Crippen LogP contribution >= 0.6 is 0 Å². The van der Waals surface area contributed by atoms with Crippen LogP contribution in [0.15, 0.2) is 18.2 Å². The standard InChI is InChI=1S/C12H14F2N2O3/c13-10(14)7-19-11-3-1-2-9(15-11)12(18)16-5-4-8(17)6-16/h1-3,8,10,17H,4-7H2/t8-/m1/s1. The number of rotatable bonds is 4. The van der Waals surface area contributed by atoms with Crippen LogP contribution in [0.5, 0.6) is 5.88 Å². The highest BCUT2D eigenvalue weighted by Crippen LogP contribution is 2.15. The fourth-order valence-electron chi connectivity index (χ4n) is 1.85. The maximum atomic E-state index is 12.0. The molecule has 0 aromatic carbocycles. The van der Waals surface area contributed by atoms with Gasteiger partial charge in [-0.05, 0) is 12.5 Å². The molecule has 7 heteroatoms. The largest absolute Gasteiger partial charge is 0.472 e. The number of aliphatic hydroxyl groups is 1. The number of aromatic nitrogens is 1. The summed E-state index contributed by atoms with van der Waals surface area (Å²) < 4.78 is 28.8. The van der Waals surface area contributed by atoms with Crippen molar-refractivity contribution in [2.75, 3.05) is 19.7 Å². The molecule has 1 fully saturated rings. The number of likely N-dealkylation sites (tertiary alicyclic amines) is 1. The number of amides is 1. The first-order chi connectivity index (χ1) is 9.06. The van der Waals surface area contributed by atoms with Gasteiger partial charge in [-0.15, -0.1) is 0 Å². The zero-order chi connectivity index (χ0) is 13.8. The number of aliphatic hydroxyl groups excluding tert-OH is 1. The van der Waals surface area contributed by atoms with E-state index in [1.54, 1.807) is 0 Å². The molecule has 0 bridgehead atoms. The van der Waals surface area contributed by atoms with Crippen molar-refractivity contribution in [1.29, 1.82) is 0 Å². The van der Waals surface area contributed by atoms with E-state index in [9.17, 15) is 18.7 Å². The molecule has 1 N–H and O–H groups in total. The van der Waals surface area contributed by atoms with E-state index in [0.29, 0.717) is 13.0 Å². The molecule has 1 aliphatic rings. The first-order valence-electron chi connectivity index (χ1n) is 5.91. The number of halogens is 2. The molecule has 1 aromatic heterocycles. The van der Waals surface area contributed by atoms with Crippen molar-refractivity contribution in [1.82, 2.24) is 9.88 Å². The van der Waals surface area contributed by atoms with Gasteiger partial charge in [-0.3, -0.25) is 4.79 Å². The molecule has 0 saturated carbocycles. The zero-order valence-corrected chi connectivity index (χ0v) is 10.1. The molecule has 0 aliphatic carbocycles. The van der Waals surface area contributed by atoms with Gasteiger partial charge in [-0.1, -0.05) is 6.07 Å². The molecule has 19 heavy (non-hydrogen) atoms. The summed E-state index contributed by atoms with van der Waals surface area (Å²) in [4.78, 5) is 17.4. The third-order valence-electron chi connectivity index (χ3n) is 2.75. The second-order valence-electron chi connectivity index (χ2n) is 4.26. The van der Waals surface area contributed by atoms with Gasteiger partial charge in [0.15, 0.2) is 6.61 Å². The van der Waals surface area contributed by atoms with Crippen LogP contribution in [0, 0.1) is 0 Å². The van der Waals surface area contributed by atoms with E-state index < -0.39 is 19.1 Å². The maximum absolute atomic E-state index is 12.0. The summed E-state index contributed by atoms with van der Waals surface area (Å²) in [6, 6.07) is 4.42. The smallest absolute Gasteiger partial charge is 0.272 e. The number of hydrogen-bond acceptors (Lipinski definition) is 4. The molecule has 1 atom stereocenters. The lowest BCUT2D eigenvalue weighted by molar-refractivity contribution is 0.0745. The number of pyridine rings is 1. The molecule has 0 unspecified atom stereocenters. The summed E-state index contributed by atoms with van der Waals surface area (Å²) in [7, 11) is 0. The third kappa shape index (κ3) is 3.60. The predicted molar refractivity (Wildman–Crippen MR) is 62.3 cm³/mol. The molecule has 5 nitrogen and oxygen atoms in total. The van der Waals surface area contributed by atoms with E-state index in [1.807, 2.05) is 0 Å². The molecule has 0 spiro atoms. The topological polar surface area (TPSA) is 62.7 Å². The van der Waals surface area contributed by atoms with Gasteiger partial charge in [0.2, 0.25) is 5.88 Å². The van der Waals surface area contributed by atoms with Gasteiger partial charge in [0.05, 0.1) is 6.10 Å². The number of carbonyl (C=O) groups is 1. The first-order valence-corrected chi connectivity index (χ1v) is 5.91. The normalized spacial score (nSPS) is 18.9. The molecular formula is C12H14F2N2O3. The summed E-state index contributed by atoms with van der Waals surface area (Å²) in [5.74, 6) is -0.343. The Morgan fingerprint density at radius 1 is 1.58 bits per heavy atom. The van der Waals surface area contributed by atoms with Crippen molar-refractivity contribution >= 4 is 5.91 Å². The van der Waals surface area contributed by atoms with Gasteiger partial charge in [-0.25, -0.2) is 13.8 Å². The molecule has 2 heterocycles. The Balaban J connectivity index is 2.03. The number of hydrogen-bond donors (Lipinski definition) is 1. The molecule has 1 saturated heterocycles. The van der Waals surface area contributed by atoms with Gasteiger partial charge in [-0.2, -0.15) is 0 Å². The fourth-order valence-corrected chi connectivity index (χ4v) is 1.85. The number of β-amino-alcohol motifs (C(OH)–C–C–N with tert-alkyl or cyclic N) is 1. The molecule has 1 aromatic rings. The fraction of sp³-hybridized carbons (Fsp3) is 0.500. The van der Waals surface area contributed by atoms with Crippen molar-refractivity contribution in [3.8, 4) is 5.88 Å². The van der Waals surface area contributed by atoms with E-state index >= 15 is 0 Å². The molecule has 1 amide bonds. The van der Waals surface area contributed by atoms with Gasteiger partial charge in [0.25, 0.3) is 12.3 Å². The SMILES string of the molecule is O=C(c1cccc(OCC(F)F)n1)N1CC[C@@H](O)C1. The minimum Gasteiger partial charge on any atom is -0.472 e. The van der Waals surface area contributed by atoms with Crippen molar-refractivity contribution in [2.45, 2.75) is 19.0 Å². The van der Waals surface area contributed by atoms with Crippen molar-refractivity contribution in [3.05, 3.63) is 23.9 Å². The monoisotopic (exact) mass is 272 g/mol. The first kappa shape index (κ1) is 13.7. The van der Waals surface area contributed by atoms with Gasteiger partial charge in [0.1, 0.15) is 5.69 Å². The molecular weight excluding hydrogens is 258 g/mol. The highest BCUT2D eigenvalue weighted by molar-refractivity contribution is 5.92. The van der Waals surface area contributed by atoms with Gasteiger partial charge >= 0.3 is 0 Å². The quantitative estimate of drug-likeness (QED) is 0.885. The van der Waals surface area contributed by atoms with E-state index in [1.165, 1.54) is 23.1 Å². The van der Waals surface area contributed by atoms with Crippen LogP contribution in [-0.4, -0.2) is 53.1 Å². The Kier molecular flexibility index (Phi) is 4.26. The van der Waals surface area contributed by atoms with Crippen LogP contribution in [0.3, 0.4) is 0 Å². The van der Waals surface area contributed by atoms with Crippen LogP contribution in [-0.2, 0) is 0 Å². The number of carbonyl (C=O) groups excluding carboxylic acids is 1. The van der Waals surface area contributed by atoms with Crippen molar-refractivity contribution in [2.24, 2.45) is 0 Å². The second-order valence-corrected chi connectivity index (χ2v) is 4.26. The minimum absolute atomic E-state index is 0.00843. The summed E-state index contributed by atoms with van der Waals surface area (Å²) in [5.41, 5.74) is 0.126. The van der Waals surface area contributed by atoms with E-state index in [-0.39, 0.29) is 24.0 Å².